The van der Waals surface area contributed by atoms with E-state index in [1.165, 1.54) is 17.3 Å². The summed E-state index contributed by atoms with van der Waals surface area (Å²) in [7, 11) is 0. The van der Waals surface area contributed by atoms with Crippen molar-refractivity contribution in [3.63, 3.8) is 0 Å². The van der Waals surface area contributed by atoms with E-state index >= 15 is 0 Å². The Morgan fingerprint density at radius 3 is 2.33 bits per heavy atom. The Labute approximate surface area is 196 Å². The topological polar surface area (TPSA) is 59.0 Å². The van der Waals surface area contributed by atoms with E-state index in [1.807, 2.05) is 61.5 Å². The lowest BCUT2D eigenvalue weighted by Gasteiger charge is -2.47. The van der Waals surface area contributed by atoms with Crippen LogP contribution in [0, 0.1) is 20.8 Å². The molecule has 0 radical (unpaired) electrons. The first-order valence-corrected chi connectivity index (χ1v) is 11.9. The number of β-lactam (4-membered cyclic amide) rings is 1. The number of rotatable bonds is 3. The van der Waals surface area contributed by atoms with Gasteiger partial charge in [0.1, 0.15) is 22.2 Å². The van der Waals surface area contributed by atoms with Crippen molar-refractivity contribution < 1.29 is 14.3 Å². The maximum Gasteiger partial charge on any atom is 0.330 e. The predicted octanol–water partition coefficient (Wildman–Crippen LogP) is 5.09. The number of nitrogens with zero attached hydrogens (tertiary/aromatic N) is 2. The summed E-state index contributed by atoms with van der Waals surface area (Å²) in [5, 5.41) is -0.0716. The monoisotopic (exact) mass is 514 g/mol. The van der Waals surface area contributed by atoms with Crippen molar-refractivity contribution in [2.75, 3.05) is 0 Å². The third-order valence-electron chi connectivity index (χ3n) is 5.42. The van der Waals surface area contributed by atoms with Crippen LogP contribution in [0.4, 0.5) is 0 Å². The van der Waals surface area contributed by atoms with E-state index < -0.39 is 26.8 Å². The van der Waals surface area contributed by atoms with Crippen LogP contribution >= 0.6 is 39.3 Å². The molecule has 2 aliphatic heterocycles. The minimum Gasteiger partial charge on any atom is -0.458 e. The number of amides is 1. The molecular formula is C22H28BrClN2O3S. The first-order chi connectivity index (χ1) is 13.6. The molecule has 2 aliphatic rings. The van der Waals surface area contributed by atoms with Gasteiger partial charge in [-0.15, -0.1) is 11.8 Å². The fourth-order valence-corrected chi connectivity index (χ4v) is 6.71. The van der Waals surface area contributed by atoms with E-state index in [0.29, 0.717) is 0 Å². The number of alkyl halides is 1. The van der Waals surface area contributed by atoms with Crippen LogP contribution in [-0.4, -0.2) is 48.2 Å². The van der Waals surface area contributed by atoms with Crippen molar-refractivity contribution in [3.05, 3.63) is 34.4 Å². The first-order valence-electron chi connectivity index (χ1n) is 9.84. The smallest absolute Gasteiger partial charge is 0.330 e. The Kier molecular flexibility index (Phi) is 5.92. The van der Waals surface area contributed by atoms with Gasteiger partial charge >= 0.3 is 5.97 Å². The van der Waals surface area contributed by atoms with Crippen LogP contribution in [0.2, 0.25) is 0 Å². The van der Waals surface area contributed by atoms with Crippen molar-refractivity contribution in [2.24, 2.45) is 4.99 Å². The van der Waals surface area contributed by atoms with E-state index in [1.54, 1.807) is 4.90 Å². The molecule has 1 amide bonds. The molecule has 5 nitrogen and oxygen atoms in total. The number of ether oxygens (including phenoxy) is 1. The molecule has 8 heteroatoms. The summed E-state index contributed by atoms with van der Waals surface area (Å²) in [5.74, 6) is -0.674. The molecule has 164 valence electrons. The standard InChI is InChI=1S/C22H28BrClN2O3S/c1-11-9-13(3)14(10-12(11)2)16(24)25-22(23)18(28)26-15(17(27)29-20(4,5)6)21(7,8)30-19(22)26/h9-10,15,19H,1-8H3/t15-,19+,22?/m0/s1. The maximum absolute atomic E-state index is 13.2. The van der Waals surface area contributed by atoms with Gasteiger partial charge < -0.3 is 9.64 Å². The van der Waals surface area contributed by atoms with Gasteiger partial charge in [0.25, 0.3) is 5.91 Å². The number of halogens is 2. The third kappa shape index (κ3) is 3.93. The normalized spacial score (nSPS) is 28.3. The number of thioether (sulfide) groups is 1. The summed E-state index contributed by atoms with van der Waals surface area (Å²) in [4.78, 5) is 32.3. The van der Waals surface area contributed by atoms with Gasteiger partial charge in [0.05, 0.1) is 0 Å². The van der Waals surface area contributed by atoms with Crippen LogP contribution in [-0.2, 0) is 14.3 Å². The second-order valence-corrected chi connectivity index (χ2v) is 12.9. The zero-order chi connectivity index (χ0) is 22.8. The summed E-state index contributed by atoms with van der Waals surface area (Å²) >= 11 is 11.7. The third-order valence-corrected chi connectivity index (χ3v) is 8.58. The number of carbonyl (C=O) groups excluding carboxylic acids is 2. The molecular weight excluding hydrogens is 488 g/mol. The number of fused-ring (bicyclic) bond motifs is 1. The average molecular weight is 516 g/mol. The molecule has 0 bridgehead atoms. The van der Waals surface area contributed by atoms with E-state index in [2.05, 4.69) is 27.0 Å². The fraction of sp³-hybridized carbons (Fsp3) is 0.591. The molecule has 0 saturated carbocycles. The van der Waals surface area contributed by atoms with Gasteiger partial charge in [0, 0.05) is 10.3 Å². The van der Waals surface area contributed by atoms with Crippen molar-refractivity contribution in [3.8, 4) is 0 Å². The second kappa shape index (κ2) is 7.52. The highest BCUT2D eigenvalue weighted by Gasteiger charge is 2.71. The minimum atomic E-state index is -1.20. The van der Waals surface area contributed by atoms with Crippen LogP contribution in [0.5, 0.6) is 0 Å². The molecule has 2 fully saturated rings. The van der Waals surface area contributed by atoms with Crippen molar-refractivity contribution in [1.29, 1.82) is 0 Å². The van der Waals surface area contributed by atoms with Gasteiger partial charge in [-0.05, 0) is 94.1 Å². The van der Waals surface area contributed by atoms with Gasteiger partial charge in [-0.2, -0.15) is 0 Å². The van der Waals surface area contributed by atoms with Gasteiger partial charge in [-0.3, -0.25) is 4.79 Å². The number of hydrogen-bond donors (Lipinski definition) is 0. The summed E-state index contributed by atoms with van der Waals surface area (Å²) in [5.41, 5.74) is 3.45. The van der Waals surface area contributed by atoms with E-state index in [0.717, 1.165) is 16.7 Å². The Balaban J connectivity index is 1.93. The number of aryl methyl sites for hydroxylation is 3. The fourth-order valence-electron chi connectivity index (χ4n) is 3.83. The highest BCUT2D eigenvalue weighted by Crippen LogP contribution is 2.58. The summed E-state index contributed by atoms with van der Waals surface area (Å²) in [6.07, 6.45) is 0. The largest absolute Gasteiger partial charge is 0.458 e. The summed E-state index contributed by atoms with van der Waals surface area (Å²) < 4.78 is 3.88. The van der Waals surface area contributed by atoms with E-state index in [9.17, 15) is 9.59 Å². The van der Waals surface area contributed by atoms with Crippen molar-refractivity contribution in [1.82, 2.24) is 4.90 Å². The summed E-state index contributed by atoms with van der Waals surface area (Å²) in [6, 6.07) is 3.37. The molecule has 3 atom stereocenters. The van der Waals surface area contributed by atoms with Crippen LogP contribution in [0.25, 0.3) is 0 Å². The molecule has 0 spiro atoms. The quantitative estimate of drug-likeness (QED) is 0.185. The van der Waals surface area contributed by atoms with Gasteiger partial charge in [-0.1, -0.05) is 17.7 Å². The first kappa shape index (κ1) is 23.6. The Hall–Kier alpha value is -1.05. The van der Waals surface area contributed by atoms with E-state index in [4.69, 9.17) is 16.3 Å². The lowest BCUT2D eigenvalue weighted by atomic mass is 9.95. The Morgan fingerprint density at radius 1 is 1.20 bits per heavy atom. The van der Waals surface area contributed by atoms with Gasteiger partial charge in [-0.25, -0.2) is 9.79 Å². The highest BCUT2D eigenvalue weighted by atomic mass is 79.9. The van der Waals surface area contributed by atoms with Gasteiger partial charge in [0.15, 0.2) is 0 Å². The molecule has 1 aromatic rings. The average Bonchev–Trinajstić information content (AvgIpc) is 2.86. The number of hydrogen-bond acceptors (Lipinski definition) is 5. The van der Waals surface area contributed by atoms with Crippen LogP contribution in [0.3, 0.4) is 0 Å². The maximum atomic E-state index is 13.2. The zero-order valence-electron chi connectivity index (χ0n) is 18.6. The SMILES string of the molecule is Cc1cc(C)c(C(Cl)=NC2(Br)C(=O)N3[C@@H](C(=O)OC(C)(C)C)C(C)(C)S[C@@H]32)cc1C. The predicted molar refractivity (Wildman–Crippen MR) is 127 cm³/mol. The van der Waals surface area contributed by atoms with Crippen LogP contribution in [0.1, 0.15) is 56.9 Å². The highest BCUT2D eigenvalue weighted by molar-refractivity contribution is 9.10. The lowest BCUT2D eigenvalue weighted by Crippen LogP contribution is -2.70. The molecule has 2 heterocycles. The summed E-state index contributed by atoms with van der Waals surface area (Å²) in [6.45, 7) is 15.4. The molecule has 3 rings (SSSR count). The molecule has 1 aromatic carbocycles. The van der Waals surface area contributed by atoms with E-state index in [-0.39, 0.29) is 16.5 Å². The Morgan fingerprint density at radius 2 is 1.77 bits per heavy atom. The number of benzene rings is 1. The van der Waals surface area contributed by atoms with Crippen molar-refractivity contribution in [2.45, 2.75) is 81.6 Å². The van der Waals surface area contributed by atoms with Crippen LogP contribution < -0.4 is 0 Å². The molecule has 0 N–H and O–H groups in total. The lowest BCUT2D eigenvalue weighted by molar-refractivity contribution is -0.171. The zero-order valence-corrected chi connectivity index (χ0v) is 21.8. The Bertz CT molecular complexity index is 956. The van der Waals surface area contributed by atoms with Crippen molar-refractivity contribution >= 4 is 56.3 Å². The number of carbonyl (C=O) groups is 2. The number of aliphatic imine (C=N–C) groups is 1. The minimum absolute atomic E-state index is 0.277. The number of esters is 1. The molecule has 1 unspecified atom stereocenters. The second-order valence-electron chi connectivity index (χ2n) is 9.55. The van der Waals surface area contributed by atoms with Gasteiger partial charge in [0.2, 0.25) is 4.45 Å². The molecule has 30 heavy (non-hydrogen) atoms. The molecule has 2 saturated heterocycles. The van der Waals surface area contributed by atoms with Crippen LogP contribution in [0.15, 0.2) is 17.1 Å². The molecule has 0 aromatic heterocycles. The molecule has 0 aliphatic carbocycles.